The maximum Gasteiger partial charge on any atom is 0.354 e. The molecule has 0 saturated carbocycles. The van der Waals surface area contributed by atoms with Crippen molar-refractivity contribution in [2.45, 2.75) is 32.6 Å². The minimum atomic E-state index is -1.03. The van der Waals surface area contributed by atoms with E-state index in [1.165, 1.54) is 18.1 Å². The number of aromatic nitrogens is 1. The second-order valence-corrected chi connectivity index (χ2v) is 6.36. The lowest BCUT2D eigenvalue weighted by Gasteiger charge is -2.32. The van der Waals surface area contributed by atoms with Gasteiger partial charge in [0.25, 0.3) is 0 Å². The number of carbonyl (C=O) groups is 2. The predicted octanol–water partition coefficient (Wildman–Crippen LogP) is 2.99. The van der Waals surface area contributed by atoms with E-state index in [0.717, 1.165) is 50.2 Å². The van der Waals surface area contributed by atoms with Crippen molar-refractivity contribution in [2.24, 2.45) is 5.92 Å². The van der Waals surface area contributed by atoms with Gasteiger partial charge >= 0.3 is 11.9 Å². The molecule has 0 radical (unpaired) electrons. The van der Waals surface area contributed by atoms with Gasteiger partial charge in [-0.2, -0.15) is 0 Å². The summed E-state index contributed by atoms with van der Waals surface area (Å²) in [5, 5.41) is 8.86. The van der Waals surface area contributed by atoms with Gasteiger partial charge in [0, 0.05) is 18.8 Å². The molecule has 2 rings (SSSR count). The molecule has 23 heavy (non-hydrogen) atoms. The molecule has 0 bridgehead atoms. The Morgan fingerprint density at radius 3 is 2.70 bits per heavy atom. The summed E-state index contributed by atoms with van der Waals surface area (Å²) in [5.41, 5.74) is 0.926. The topological polar surface area (TPSA) is 79.7 Å². The van der Waals surface area contributed by atoms with Crippen LogP contribution in [0.3, 0.4) is 0 Å². The maximum absolute atomic E-state index is 12.0. The smallest absolute Gasteiger partial charge is 0.354 e. The van der Waals surface area contributed by atoms with Crippen LogP contribution in [-0.4, -0.2) is 40.9 Å². The Morgan fingerprint density at radius 2 is 2.13 bits per heavy atom. The van der Waals surface area contributed by atoms with Crippen LogP contribution < -0.4 is 4.90 Å². The quantitative estimate of drug-likeness (QED) is 0.604. The number of pyridine rings is 1. The maximum atomic E-state index is 12.0. The molecule has 6 nitrogen and oxygen atoms in total. The number of rotatable bonds is 7. The van der Waals surface area contributed by atoms with Gasteiger partial charge in [-0.25, -0.2) is 9.78 Å². The molecular formula is C16H22N2O4S. The van der Waals surface area contributed by atoms with E-state index >= 15 is 0 Å². The molecule has 1 saturated heterocycles. The summed E-state index contributed by atoms with van der Waals surface area (Å²) >= 11 is 1.25. The molecule has 0 unspecified atom stereocenters. The zero-order valence-electron chi connectivity index (χ0n) is 13.2. The van der Waals surface area contributed by atoms with Crippen LogP contribution in [0.4, 0.5) is 5.69 Å². The van der Waals surface area contributed by atoms with Gasteiger partial charge in [-0.3, -0.25) is 4.79 Å². The minimum absolute atomic E-state index is 0.0383. The van der Waals surface area contributed by atoms with Crippen molar-refractivity contribution in [1.82, 2.24) is 4.98 Å². The van der Waals surface area contributed by atoms with Crippen molar-refractivity contribution in [3.05, 3.63) is 24.0 Å². The fourth-order valence-corrected chi connectivity index (χ4v) is 3.19. The van der Waals surface area contributed by atoms with Crippen LogP contribution in [-0.2, 0) is 8.98 Å². The number of anilines is 1. The summed E-state index contributed by atoms with van der Waals surface area (Å²) in [4.78, 5) is 28.8. The number of unbranched alkanes of at least 4 members (excludes halogenated alkanes) is 1. The van der Waals surface area contributed by atoms with Gasteiger partial charge in [0.1, 0.15) is 5.69 Å². The first kappa shape index (κ1) is 17.6. The number of nitrogens with zero attached hydrogens (tertiary/aromatic N) is 2. The van der Waals surface area contributed by atoms with E-state index in [0.29, 0.717) is 0 Å². The van der Waals surface area contributed by atoms with E-state index < -0.39 is 5.97 Å². The van der Waals surface area contributed by atoms with Gasteiger partial charge < -0.3 is 14.2 Å². The summed E-state index contributed by atoms with van der Waals surface area (Å²) in [5.74, 6) is -0.349. The van der Waals surface area contributed by atoms with Crippen molar-refractivity contribution < 1.29 is 18.9 Å². The highest BCUT2D eigenvalue weighted by Gasteiger charge is 2.26. The Bertz CT molecular complexity index is 527. The van der Waals surface area contributed by atoms with Crippen molar-refractivity contribution in [3.63, 3.8) is 0 Å². The highest BCUT2D eigenvalue weighted by atomic mass is 32.2. The Balaban J connectivity index is 1.79. The lowest BCUT2D eigenvalue weighted by molar-refractivity contribution is -0.138. The van der Waals surface area contributed by atoms with Crippen LogP contribution in [0.25, 0.3) is 0 Å². The number of aromatic carboxylic acids is 1. The molecule has 0 atom stereocenters. The molecule has 1 N–H and O–H groups in total. The third-order valence-corrected chi connectivity index (χ3v) is 4.62. The molecule has 0 aromatic carbocycles. The number of carbonyl (C=O) groups excluding carboxylic acids is 1. The average Bonchev–Trinajstić information content (AvgIpc) is 2.59. The predicted molar refractivity (Wildman–Crippen MR) is 89.6 cm³/mol. The average molecular weight is 338 g/mol. The highest BCUT2D eigenvalue weighted by Crippen LogP contribution is 2.25. The SMILES string of the molecule is CCCCSOC(=O)C1CCN(c2ccc(C(=O)O)nc2)CC1. The number of carboxylic acid groups (broad SMARTS) is 1. The van der Waals surface area contributed by atoms with E-state index in [1.807, 2.05) is 0 Å². The fraction of sp³-hybridized carbons (Fsp3) is 0.562. The standard InChI is InChI=1S/C16H22N2O4S/c1-2-3-10-23-22-16(21)12-6-8-18(9-7-12)13-4-5-14(15(19)20)17-11-13/h4-5,11-12H,2-3,6-10H2,1H3,(H,19,20). The molecule has 2 heterocycles. The van der Waals surface area contributed by atoms with E-state index in [-0.39, 0.29) is 17.6 Å². The molecule has 1 fully saturated rings. The van der Waals surface area contributed by atoms with Crippen LogP contribution in [0.5, 0.6) is 0 Å². The fourth-order valence-electron chi connectivity index (χ4n) is 2.44. The van der Waals surface area contributed by atoms with Crippen molar-refractivity contribution >= 4 is 29.7 Å². The molecule has 1 aromatic heterocycles. The van der Waals surface area contributed by atoms with E-state index in [9.17, 15) is 9.59 Å². The molecule has 1 aliphatic heterocycles. The van der Waals surface area contributed by atoms with Crippen LogP contribution in [0, 0.1) is 5.92 Å². The van der Waals surface area contributed by atoms with Crippen LogP contribution in [0.1, 0.15) is 43.1 Å². The van der Waals surface area contributed by atoms with Crippen LogP contribution >= 0.6 is 12.0 Å². The first-order chi connectivity index (χ1) is 11.1. The Kier molecular flexibility index (Phi) is 6.70. The third kappa shape index (κ3) is 5.13. The van der Waals surface area contributed by atoms with Gasteiger partial charge in [0.05, 0.1) is 29.8 Å². The minimum Gasteiger partial charge on any atom is -0.477 e. The number of piperidine rings is 1. The summed E-state index contributed by atoms with van der Waals surface area (Å²) in [6.07, 6.45) is 5.21. The van der Waals surface area contributed by atoms with Gasteiger partial charge in [-0.05, 0) is 31.4 Å². The lowest BCUT2D eigenvalue weighted by atomic mass is 9.97. The van der Waals surface area contributed by atoms with Crippen molar-refractivity contribution in [1.29, 1.82) is 0 Å². The largest absolute Gasteiger partial charge is 0.477 e. The zero-order chi connectivity index (χ0) is 16.7. The number of hydrogen-bond donors (Lipinski definition) is 1. The lowest BCUT2D eigenvalue weighted by Crippen LogP contribution is -2.36. The molecule has 126 valence electrons. The first-order valence-electron chi connectivity index (χ1n) is 7.89. The van der Waals surface area contributed by atoms with Crippen molar-refractivity contribution in [3.8, 4) is 0 Å². The van der Waals surface area contributed by atoms with Crippen LogP contribution in [0.2, 0.25) is 0 Å². The second-order valence-electron chi connectivity index (χ2n) is 5.55. The molecule has 0 spiro atoms. The number of carboxylic acids is 1. The Labute approximate surface area is 140 Å². The summed E-state index contributed by atoms with van der Waals surface area (Å²) < 4.78 is 5.25. The monoisotopic (exact) mass is 338 g/mol. The van der Waals surface area contributed by atoms with E-state index in [4.69, 9.17) is 9.29 Å². The second kappa shape index (κ2) is 8.76. The Hall–Kier alpha value is -1.76. The first-order valence-corrected chi connectivity index (χ1v) is 8.80. The zero-order valence-corrected chi connectivity index (χ0v) is 14.1. The summed E-state index contributed by atoms with van der Waals surface area (Å²) in [6.45, 7) is 3.59. The van der Waals surface area contributed by atoms with E-state index in [2.05, 4.69) is 16.8 Å². The van der Waals surface area contributed by atoms with E-state index in [1.54, 1.807) is 12.3 Å². The summed E-state index contributed by atoms with van der Waals surface area (Å²) in [7, 11) is 0. The highest BCUT2D eigenvalue weighted by molar-refractivity contribution is 7.95. The van der Waals surface area contributed by atoms with Crippen LogP contribution in [0.15, 0.2) is 18.3 Å². The van der Waals surface area contributed by atoms with Gasteiger partial charge in [-0.1, -0.05) is 13.3 Å². The van der Waals surface area contributed by atoms with Crippen molar-refractivity contribution in [2.75, 3.05) is 23.7 Å². The molecule has 1 aliphatic rings. The number of hydrogen-bond acceptors (Lipinski definition) is 6. The van der Waals surface area contributed by atoms with Gasteiger partial charge in [0.15, 0.2) is 0 Å². The third-order valence-electron chi connectivity index (χ3n) is 3.88. The molecule has 0 aliphatic carbocycles. The van der Waals surface area contributed by atoms with Gasteiger partial charge in [-0.15, -0.1) is 0 Å². The van der Waals surface area contributed by atoms with Gasteiger partial charge in [0.2, 0.25) is 0 Å². The molecule has 7 heteroatoms. The molecular weight excluding hydrogens is 316 g/mol. The normalized spacial score (nSPS) is 15.4. The Morgan fingerprint density at radius 1 is 1.39 bits per heavy atom. The summed E-state index contributed by atoms with van der Waals surface area (Å²) in [6, 6.07) is 3.26. The molecule has 0 amide bonds. The molecule has 1 aromatic rings.